The second-order valence-corrected chi connectivity index (χ2v) is 17.8. The number of rotatable bonds is 15. The number of esters is 1. The van der Waals surface area contributed by atoms with Crippen LogP contribution in [0.25, 0.3) is 0 Å². The molecule has 3 N–H and O–H groups in total. The van der Waals surface area contributed by atoms with Crippen LogP contribution < -0.4 is 10.6 Å². The molecule has 2 aliphatic rings. The van der Waals surface area contributed by atoms with E-state index in [-0.39, 0.29) is 24.0 Å². The molecule has 0 aromatic heterocycles. The van der Waals surface area contributed by atoms with Crippen LogP contribution in [0.15, 0.2) is 35.1 Å². The van der Waals surface area contributed by atoms with Crippen LogP contribution in [0.3, 0.4) is 0 Å². The van der Waals surface area contributed by atoms with Gasteiger partial charge in [0.05, 0.1) is 19.1 Å². The predicted octanol–water partition coefficient (Wildman–Crippen LogP) is 4.90. The third-order valence-electron chi connectivity index (χ3n) is 10.3. The van der Waals surface area contributed by atoms with E-state index < -0.39 is 82.8 Å². The summed E-state index contributed by atoms with van der Waals surface area (Å²) in [7, 11) is 5.19. The van der Waals surface area contributed by atoms with Gasteiger partial charge in [-0.25, -0.2) is 9.59 Å². The lowest BCUT2D eigenvalue weighted by atomic mass is 9.68. The maximum atomic E-state index is 14.8. The van der Waals surface area contributed by atoms with E-state index in [0.717, 1.165) is 18.4 Å². The molecule has 0 aromatic rings. The number of carbonyl (C=O) groups is 6. The number of carboxylic acids is 1. The van der Waals surface area contributed by atoms with E-state index in [4.69, 9.17) is 9.47 Å². The molecule has 1 heterocycles. The summed E-state index contributed by atoms with van der Waals surface area (Å²) in [5, 5.41) is 15.0. The predicted molar refractivity (Wildman–Crippen MR) is 210 cm³/mol. The fourth-order valence-corrected chi connectivity index (χ4v) is 7.32. The van der Waals surface area contributed by atoms with Crippen LogP contribution in [0.2, 0.25) is 0 Å². The van der Waals surface area contributed by atoms with E-state index in [1.165, 1.54) is 22.4 Å². The maximum absolute atomic E-state index is 14.8. The van der Waals surface area contributed by atoms with Crippen LogP contribution in [0, 0.1) is 22.7 Å². The molecule has 1 aliphatic heterocycles. The van der Waals surface area contributed by atoms with Crippen LogP contribution >= 0.6 is 0 Å². The van der Waals surface area contributed by atoms with Crippen molar-refractivity contribution in [1.29, 1.82) is 0 Å². The molecule has 1 aliphatic carbocycles. The highest BCUT2D eigenvalue weighted by Crippen LogP contribution is 2.46. The number of ether oxygens (including phenoxy) is 2. The van der Waals surface area contributed by atoms with Gasteiger partial charge in [-0.3, -0.25) is 24.1 Å². The van der Waals surface area contributed by atoms with E-state index in [9.17, 15) is 33.9 Å². The number of nitrogens with zero attached hydrogens (tertiary/aromatic N) is 3. The third kappa shape index (κ3) is 12.1. The topological polar surface area (TPSA) is 175 Å². The molecular formula is C41H67N5O9. The SMILES string of the molecule is CCOC(=O)CC(NC(=O)/C(C)=C/[C@H](C(C)C)N(C)C(=O)[C@@H](NC(=O)[C@@H](N(C)C(=O)OC(C)(C)C)C(C)(C)C1CN(C)C2=C1C=CCC2)C(C)(C)C)C(=O)O. The van der Waals surface area contributed by atoms with Crippen molar-refractivity contribution < 1.29 is 43.3 Å². The molecule has 14 heteroatoms. The van der Waals surface area contributed by atoms with Crippen molar-refractivity contribution in [2.24, 2.45) is 22.7 Å². The summed E-state index contributed by atoms with van der Waals surface area (Å²) in [6, 6.07) is -4.27. The number of amides is 4. The number of hydrogen-bond donors (Lipinski definition) is 3. The van der Waals surface area contributed by atoms with Crippen LogP contribution in [-0.2, 0) is 33.4 Å². The summed E-state index contributed by atoms with van der Waals surface area (Å²) in [6.07, 6.45) is 6.44. The lowest BCUT2D eigenvalue weighted by molar-refractivity contribution is -0.150. The average molecular weight is 774 g/mol. The number of carboxylic acid groups (broad SMARTS) is 1. The fourth-order valence-electron chi connectivity index (χ4n) is 7.32. The van der Waals surface area contributed by atoms with Gasteiger partial charge < -0.3 is 35.0 Å². The van der Waals surface area contributed by atoms with E-state index in [2.05, 4.69) is 27.7 Å². The second kappa shape index (κ2) is 18.5. The quantitative estimate of drug-likeness (QED) is 0.154. The molecule has 0 fully saturated rings. The van der Waals surface area contributed by atoms with Crippen molar-refractivity contribution in [2.45, 2.75) is 132 Å². The number of carbonyl (C=O) groups excluding carboxylic acids is 5. The van der Waals surface area contributed by atoms with E-state index in [0.29, 0.717) is 6.54 Å². The molecule has 0 aromatic carbocycles. The first kappa shape index (κ1) is 46.8. The Balaban J connectivity index is 2.52. The number of aliphatic carboxylic acids is 1. The molecule has 55 heavy (non-hydrogen) atoms. The summed E-state index contributed by atoms with van der Waals surface area (Å²) >= 11 is 0. The van der Waals surface area contributed by atoms with E-state index in [1.54, 1.807) is 47.9 Å². The first-order valence-electron chi connectivity index (χ1n) is 19.2. The van der Waals surface area contributed by atoms with Crippen LogP contribution in [0.1, 0.15) is 102 Å². The Morgan fingerprint density at radius 1 is 1.00 bits per heavy atom. The Morgan fingerprint density at radius 3 is 2.11 bits per heavy atom. The van der Waals surface area contributed by atoms with Crippen LogP contribution in [0.4, 0.5) is 4.79 Å². The summed E-state index contributed by atoms with van der Waals surface area (Å²) in [5.41, 5.74) is 0.0569. The summed E-state index contributed by atoms with van der Waals surface area (Å²) in [4.78, 5) is 85.0. The Kier molecular flexibility index (Phi) is 15.8. The second-order valence-electron chi connectivity index (χ2n) is 17.8. The van der Waals surface area contributed by atoms with Gasteiger partial charge in [0, 0.05) is 50.3 Å². The van der Waals surface area contributed by atoms with E-state index >= 15 is 0 Å². The van der Waals surface area contributed by atoms with Gasteiger partial charge in [-0.2, -0.15) is 0 Å². The first-order chi connectivity index (χ1) is 25.1. The molecular weight excluding hydrogens is 706 g/mol. The minimum Gasteiger partial charge on any atom is -0.480 e. The van der Waals surface area contributed by atoms with Crippen molar-refractivity contribution in [3.05, 3.63) is 35.1 Å². The minimum atomic E-state index is -1.51. The largest absolute Gasteiger partial charge is 0.480 e. The Labute approximate surface area is 328 Å². The highest BCUT2D eigenvalue weighted by atomic mass is 16.6. The normalized spacial score (nSPS) is 18.5. The van der Waals surface area contributed by atoms with Gasteiger partial charge in [0.15, 0.2) is 0 Å². The molecule has 14 nitrogen and oxygen atoms in total. The van der Waals surface area contributed by atoms with Crippen molar-refractivity contribution in [1.82, 2.24) is 25.3 Å². The lowest BCUT2D eigenvalue weighted by Gasteiger charge is -2.45. The molecule has 4 amide bonds. The Bertz CT molecular complexity index is 1550. The van der Waals surface area contributed by atoms with Crippen LogP contribution in [0.5, 0.6) is 0 Å². The molecule has 310 valence electrons. The zero-order valence-corrected chi connectivity index (χ0v) is 35.8. The number of nitrogens with one attached hydrogen (secondary N) is 2. The minimum absolute atomic E-state index is 0.0676. The van der Waals surface area contributed by atoms with Gasteiger partial charge in [-0.05, 0) is 64.4 Å². The van der Waals surface area contributed by atoms with Crippen molar-refractivity contribution in [3.8, 4) is 0 Å². The highest BCUT2D eigenvalue weighted by Gasteiger charge is 2.51. The van der Waals surface area contributed by atoms with Crippen molar-refractivity contribution in [2.75, 3.05) is 34.3 Å². The van der Waals surface area contributed by atoms with Crippen LogP contribution in [-0.4, -0.2) is 120 Å². The number of hydrogen-bond acceptors (Lipinski definition) is 9. The third-order valence-corrected chi connectivity index (χ3v) is 10.3. The Morgan fingerprint density at radius 2 is 1.60 bits per heavy atom. The van der Waals surface area contributed by atoms with Gasteiger partial charge in [-0.1, -0.05) is 66.7 Å². The monoisotopic (exact) mass is 773 g/mol. The molecule has 0 saturated carbocycles. The fraction of sp³-hybridized carbons (Fsp3) is 0.707. The maximum Gasteiger partial charge on any atom is 0.410 e. The smallest absolute Gasteiger partial charge is 0.410 e. The molecule has 5 atom stereocenters. The summed E-state index contributed by atoms with van der Waals surface area (Å²) in [6.45, 7) is 22.3. The van der Waals surface area contributed by atoms with Gasteiger partial charge >= 0.3 is 18.0 Å². The first-order valence-corrected chi connectivity index (χ1v) is 19.2. The number of likely N-dealkylation sites (N-methyl/N-ethyl adjacent to an activating group) is 2. The zero-order valence-electron chi connectivity index (χ0n) is 35.8. The standard InChI is InChI=1S/C41H67N5O9/c1-16-54-31(47)22-28(37(51)52)42-34(48)25(4)21-30(24(2)3)45(14)36(50)32(39(5,6)7)43-35(49)33(46(15)38(53)55-40(8,9)10)41(11,12)27-23-44(13)29-20-18-17-19-26(27)29/h17,19,21,24,27-28,30,32-33H,16,18,20,22-23H2,1-15H3,(H,42,48)(H,43,49)(H,51,52)/b25-21+/t27?,28?,30-,32-,33-/m1/s1. The summed E-state index contributed by atoms with van der Waals surface area (Å²) in [5.74, 6) is -4.13. The lowest BCUT2D eigenvalue weighted by Crippen LogP contribution is -2.63. The summed E-state index contributed by atoms with van der Waals surface area (Å²) < 4.78 is 10.6. The molecule has 2 rings (SSSR count). The molecule has 0 radical (unpaired) electrons. The number of allylic oxidation sites excluding steroid dienone is 3. The Hall–Kier alpha value is -4.36. The van der Waals surface area contributed by atoms with Gasteiger partial charge in [0.2, 0.25) is 17.7 Å². The van der Waals surface area contributed by atoms with Gasteiger partial charge in [0.1, 0.15) is 23.7 Å². The molecule has 0 bridgehead atoms. The molecule has 0 saturated heterocycles. The molecule has 2 unspecified atom stereocenters. The molecule has 0 spiro atoms. The van der Waals surface area contributed by atoms with Gasteiger partial charge in [0.25, 0.3) is 0 Å². The zero-order chi connectivity index (χ0) is 42.4. The average Bonchev–Trinajstić information content (AvgIpc) is 3.40. The van der Waals surface area contributed by atoms with Gasteiger partial charge in [-0.15, -0.1) is 0 Å². The van der Waals surface area contributed by atoms with Crippen molar-refractivity contribution >= 4 is 35.8 Å². The van der Waals surface area contributed by atoms with Crippen molar-refractivity contribution in [3.63, 3.8) is 0 Å². The van der Waals surface area contributed by atoms with E-state index in [1.807, 2.05) is 55.5 Å². The highest BCUT2D eigenvalue weighted by molar-refractivity contribution is 5.97.